The summed E-state index contributed by atoms with van der Waals surface area (Å²) in [4.78, 5) is 23.7. The molecule has 2 aliphatic rings. The second-order valence-corrected chi connectivity index (χ2v) is 9.55. The van der Waals surface area contributed by atoms with E-state index in [9.17, 15) is 4.79 Å². The number of fused-ring (bicyclic) bond motifs is 1. The van der Waals surface area contributed by atoms with Gasteiger partial charge in [0.25, 0.3) is 5.56 Å². The van der Waals surface area contributed by atoms with Crippen molar-refractivity contribution >= 4 is 5.82 Å². The largest absolute Gasteiger partial charge is 0.376 e. The summed E-state index contributed by atoms with van der Waals surface area (Å²) in [6.07, 6.45) is 6.05. The lowest BCUT2D eigenvalue weighted by Crippen LogP contribution is -2.46. The zero-order valence-electron chi connectivity index (χ0n) is 18.9. The first-order valence-electron chi connectivity index (χ1n) is 11.4. The van der Waals surface area contributed by atoms with Gasteiger partial charge < -0.3 is 10.1 Å². The molecular formula is C23H34N6O2. The van der Waals surface area contributed by atoms with E-state index in [4.69, 9.17) is 4.74 Å². The Morgan fingerprint density at radius 1 is 1.19 bits per heavy atom. The minimum absolute atomic E-state index is 0.0349. The number of nitrogens with one attached hydrogen (secondary N) is 1. The van der Waals surface area contributed by atoms with E-state index < -0.39 is 0 Å². The van der Waals surface area contributed by atoms with Crippen LogP contribution < -0.4 is 10.9 Å². The quantitative estimate of drug-likeness (QED) is 0.759. The Labute approximate surface area is 184 Å². The number of likely N-dealkylation sites (tertiary alicyclic amines) is 1. The average Bonchev–Trinajstić information content (AvgIpc) is 2.77. The van der Waals surface area contributed by atoms with E-state index in [2.05, 4.69) is 46.1 Å². The summed E-state index contributed by atoms with van der Waals surface area (Å²) < 4.78 is 7.23. The Kier molecular flexibility index (Phi) is 6.67. The molecule has 0 aliphatic carbocycles. The van der Waals surface area contributed by atoms with E-state index in [1.165, 1.54) is 12.8 Å². The third-order valence-electron chi connectivity index (χ3n) is 6.25. The molecule has 4 rings (SSSR count). The molecule has 2 aromatic heterocycles. The molecule has 4 heterocycles. The summed E-state index contributed by atoms with van der Waals surface area (Å²) in [5.74, 6) is 0.894. The Morgan fingerprint density at radius 2 is 2.06 bits per heavy atom. The average molecular weight is 427 g/mol. The van der Waals surface area contributed by atoms with Gasteiger partial charge >= 0.3 is 0 Å². The van der Waals surface area contributed by atoms with E-state index in [0.29, 0.717) is 19.2 Å². The first-order valence-corrected chi connectivity index (χ1v) is 11.4. The highest BCUT2D eigenvalue weighted by Gasteiger charge is 2.24. The van der Waals surface area contributed by atoms with Crippen LogP contribution >= 0.6 is 0 Å². The van der Waals surface area contributed by atoms with Crippen molar-refractivity contribution in [3.05, 3.63) is 45.8 Å². The van der Waals surface area contributed by atoms with Crippen LogP contribution in [0.15, 0.2) is 23.3 Å². The maximum atomic E-state index is 12.3. The molecule has 1 N–H and O–H groups in total. The van der Waals surface area contributed by atoms with Gasteiger partial charge in [-0.3, -0.25) is 9.69 Å². The summed E-state index contributed by atoms with van der Waals surface area (Å²) in [5, 5.41) is 8.18. The second kappa shape index (κ2) is 9.44. The van der Waals surface area contributed by atoms with Gasteiger partial charge in [0.2, 0.25) is 0 Å². The molecule has 1 atom stereocenters. The standard InChI is InChI=1S/C23H34N6O2/c1-23(2,3)20-7-8-21(30)29(27-20)12-11-28-10-5-4-6-17(28)14-24-22-18-15-31-13-9-19(18)25-16-26-22/h7-8,16-17H,4-6,9-15H2,1-3H3,(H,24,25,26). The first-order chi connectivity index (χ1) is 14.9. The van der Waals surface area contributed by atoms with Gasteiger partial charge in [0.05, 0.1) is 31.1 Å². The minimum atomic E-state index is -0.0760. The lowest BCUT2D eigenvalue weighted by atomic mass is 9.92. The molecule has 0 aromatic carbocycles. The van der Waals surface area contributed by atoms with Crippen LogP contribution in [0.3, 0.4) is 0 Å². The Bertz CT molecular complexity index is 952. The highest BCUT2D eigenvalue weighted by molar-refractivity contribution is 5.46. The van der Waals surface area contributed by atoms with E-state index in [-0.39, 0.29) is 11.0 Å². The van der Waals surface area contributed by atoms with Gasteiger partial charge in [0.1, 0.15) is 12.1 Å². The van der Waals surface area contributed by atoms with Gasteiger partial charge in [-0.05, 0) is 25.5 Å². The predicted molar refractivity (Wildman–Crippen MR) is 120 cm³/mol. The lowest BCUT2D eigenvalue weighted by molar-refractivity contribution is 0.109. The van der Waals surface area contributed by atoms with Gasteiger partial charge in [-0.2, -0.15) is 5.10 Å². The molecule has 168 valence electrons. The molecule has 1 fully saturated rings. The van der Waals surface area contributed by atoms with Crippen molar-refractivity contribution in [2.75, 3.05) is 31.6 Å². The maximum Gasteiger partial charge on any atom is 0.266 e. The molecular weight excluding hydrogens is 392 g/mol. The van der Waals surface area contributed by atoms with E-state index in [0.717, 1.165) is 61.9 Å². The predicted octanol–water partition coefficient (Wildman–Crippen LogP) is 2.37. The van der Waals surface area contributed by atoms with E-state index in [1.54, 1.807) is 17.1 Å². The highest BCUT2D eigenvalue weighted by atomic mass is 16.5. The summed E-state index contributed by atoms with van der Waals surface area (Å²) in [6.45, 7) is 11.0. The number of ether oxygens (including phenoxy) is 1. The minimum Gasteiger partial charge on any atom is -0.376 e. The van der Waals surface area contributed by atoms with Crippen molar-refractivity contribution in [1.82, 2.24) is 24.6 Å². The van der Waals surface area contributed by atoms with Crippen LogP contribution in [0.5, 0.6) is 0 Å². The smallest absolute Gasteiger partial charge is 0.266 e. The molecule has 1 saturated heterocycles. The van der Waals surface area contributed by atoms with Crippen LogP contribution in [0, 0.1) is 0 Å². The van der Waals surface area contributed by atoms with E-state index >= 15 is 0 Å². The second-order valence-electron chi connectivity index (χ2n) is 9.55. The SMILES string of the molecule is CC(C)(C)c1ccc(=O)n(CCN2CCCCC2CNc2ncnc3c2COCC3)n1. The van der Waals surface area contributed by atoms with Gasteiger partial charge in [-0.1, -0.05) is 27.2 Å². The molecule has 0 saturated carbocycles. The van der Waals surface area contributed by atoms with Crippen LogP contribution in [-0.2, 0) is 29.7 Å². The molecule has 0 radical (unpaired) electrons. The molecule has 2 aromatic rings. The number of piperidine rings is 1. The number of aromatic nitrogens is 4. The first kappa shape index (κ1) is 21.9. The number of rotatable bonds is 6. The topological polar surface area (TPSA) is 85.2 Å². The van der Waals surface area contributed by atoms with Crippen molar-refractivity contribution in [2.45, 2.75) is 71.1 Å². The summed E-state index contributed by atoms with van der Waals surface area (Å²) in [5.41, 5.74) is 3.01. The monoisotopic (exact) mass is 426 g/mol. The molecule has 2 aliphatic heterocycles. The van der Waals surface area contributed by atoms with Gasteiger partial charge in [0, 0.05) is 42.6 Å². The van der Waals surface area contributed by atoms with Crippen molar-refractivity contribution < 1.29 is 4.74 Å². The number of hydrogen-bond acceptors (Lipinski definition) is 7. The maximum absolute atomic E-state index is 12.3. The van der Waals surface area contributed by atoms with Gasteiger partial charge in [0.15, 0.2) is 0 Å². The van der Waals surface area contributed by atoms with Crippen LogP contribution in [0.25, 0.3) is 0 Å². The fourth-order valence-corrected chi connectivity index (χ4v) is 4.34. The molecule has 31 heavy (non-hydrogen) atoms. The van der Waals surface area contributed by atoms with Crippen LogP contribution in [-0.4, -0.2) is 56.9 Å². The van der Waals surface area contributed by atoms with Crippen LogP contribution in [0.2, 0.25) is 0 Å². The Balaban J connectivity index is 1.40. The summed E-state index contributed by atoms with van der Waals surface area (Å²) in [6, 6.07) is 3.90. The summed E-state index contributed by atoms with van der Waals surface area (Å²) in [7, 11) is 0. The Morgan fingerprint density at radius 3 is 2.90 bits per heavy atom. The molecule has 0 amide bonds. The fourth-order valence-electron chi connectivity index (χ4n) is 4.34. The molecule has 0 spiro atoms. The molecule has 1 unspecified atom stereocenters. The van der Waals surface area contributed by atoms with Crippen LogP contribution in [0.4, 0.5) is 5.82 Å². The molecule has 8 nitrogen and oxygen atoms in total. The third kappa shape index (κ3) is 5.30. The van der Waals surface area contributed by atoms with Crippen LogP contribution in [0.1, 0.15) is 57.0 Å². The van der Waals surface area contributed by atoms with Crippen molar-refractivity contribution in [1.29, 1.82) is 0 Å². The van der Waals surface area contributed by atoms with Crippen molar-refractivity contribution in [3.8, 4) is 0 Å². The highest BCUT2D eigenvalue weighted by Crippen LogP contribution is 2.23. The number of nitrogens with zero attached hydrogens (tertiary/aromatic N) is 5. The zero-order valence-corrected chi connectivity index (χ0v) is 18.9. The number of hydrogen-bond donors (Lipinski definition) is 1. The Hall–Kier alpha value is -2.32. The van der Waals surface area contributed by atoms with Crippen molar-refractivity contribution in [2.24, 2.45) is 0 Å². The molecule has 0 bridgehead atoms. The fraction of sp³-hybridized carbons (Fsp3) is 0.652. The molecule has 8 heteroatoms. The number of anilines is 1. The van der Waals surface area contributed by atoms with E-state index in [1.807, 2.05) is 6.07 Å². The third-order valence-corrected chi connectivity index (χ3v) is 6.25. The normalized spacial score (nSPS) is 19.8. The van der Waals surface area contributed by atoms with Gasteiger partial charge in [-0.15, -0.1) is 0 Å². The van der Waals surface area contributed by atoms with Gasteiger partial charge in [-0.25, -0.2) is 14.6 Å². The lowest BCUT2D eigenvalue weighted by Gasteiger charge is -2.36. The van der Waals surface area contributed by atoms with Crippen molar-refractivity contribution in [3.63, 3.8) is 0 Å². The summed E-state index contributed by atoms with van der Waals surface area (Å²) >= 11 is 0. The zero-order chi connectivity index (χ0) is 21.8.